The van der Waals surface area contributed by atoms with Crippen molar-refractivity contribution in [1.82, 2.24) is 19.4 Å². The molecule has 3 heterocycles. The summed E-state index contributed by atoms with van der Waals surface area (Å²) < 4.78 is 2.46. The van der Waals surface area contributed by atoms with E-state index in [0.717, 1.165) is 33.2 Å². The minimum atomic E-state index is 0.632. The highest BCUT2D eigenvalue weighted by atomic mass is 15.0. The predicted molar refractivity (Wildman–Crippen MR) is 254 cm³/mol. The maximum absolute atomic E-state index is 5.32. The summed E-state index contributed by atoms with van der Waals surface area (Å²) in [6.07, 6.45) is 0. The van der Waals surface area contributed by atoms with Crippen molar-refractivity contribution in [2.45, 2.75) is 0 Å². The van der Waals surface area contributed by atoms with Crippen molar-refractivity contribution in [3.8, 4) is 56.4 Å². The monoisotopic (exact) mass is 774 g/mol. The van der Waals surface area contributed by atoms with Crippen LogP contribution >= 0.6 is 0 Å². The number of rotatable bonds is 5. The van der Waals surface area contributed by atoms with Crippen molar-refractivity contribution < 1.29 is 0 Å². The van der Waals surface area contributed by atoms with Crippen LogP contribution in [0.4, 0.5) is 0 Å². The quantitative estimate of drug-likeness (QED) is 0.164. The Kier molecular flexibility index (Phi) is 7.27. The molecule has 0 aliphatic rings. The summed E-state index contributed by atoms with van der Waals surface area (Å²) >= 11 is 0. The second kappa shape index (κ2) is 13.2. The Bertz CT molecular complexity index is 3800. The summed E-state index contributed by atoms with van der Waals surface area (Å²) in [5.41, 5.74) is 11.1. The molecule has 3 aromatic heterocycles. The van der Waals surface area contributed by atoms with E-state index < -0.39 is 0 Å². The van der Waals surface area contributed by atoms with Gasteiger partial charge in [-0.25, -0.2) is 15.0 Å². The van der Waals surface area contributed by atoms with Gasteiger partial charge in [0.25, 0.3) is 0 Å². The molecular weight excluding hydrogens is 741 g/mol. The van der Waals surface area contributed by atoms with E-state index in [1.165, 1.54) is 76.2 Å². The SMILES string of the molecule is c1ccc(-c2cc3c4ccccc4n4c5ccc(-c6cc7c8ccccc8c8ccccc8c7cc6-c6nc(-c7ccccc7)nc(-c7ccccc7)n6)cc5c(c2)c34)cc1. The lowest BCUT2D eigenvalue weighted by atomic mass is 9.88. The van der Waals surface area contributed by atoms with Gasteiger partial charge in [-0.15, -0.1) is 0 Å². The van der Waals surface area contributed by atoms with Crippen LogP contribution in [0.2, 0.25) is 0 Å². The van der Waals surface area contributed by atoms with Crippen LogP contribution in [0.15, 0.2) is 206 Å². The molecule has 0 saturated heterocycles. The van der Waals surface area contributed by atoms with Crippen molar-refractivity contribution in [3.63, 3.8) is 0 Å². The molecule has 0 aliphatic carbocycles. The predicted octanol–water partition coefficient (Wildman–Crippen LogP) is 14.8. The molecule has 0 unspecified atom stereocenters. The highest BCUT2D eigenvalue weighted by molar-refractivity contribution is 6.27. The molecule has 13 rings (SSSR count). The Morgan fingerprint density at radius 1 is 0.246 bits per heavy atom. The van der Waals surface area contributed by atoms with Gasteiger partial charge in [-0.3, -0.25) is 0 Å². The fraction of sp³-hybridized carbons (Fsp3) is 0. The molecule has 0 amide bonds. The van der Waals surface area contributed by atoms with E-state index >= 15 is 0 Å². The van der Waals surface area contributed by atoms with Crippen LogP contribution in [0.1, 0.15) is 0 Å². The lowest BCUT2D eigenvalue weighted by molar-refractivity contribution is 1.07. The van der Waals surface area contributed by atoms with Gasteiger partial charge in [0.1, 0.15) is 0 Å². The third kappa shape index (κ3) is 5.16. The summed E-state index contributed by atoms with van der Waals surface area (Å²) in [5, 5.41) is 12.2. The zero-order valence-electron chi connectivity index (χ0n) is 32.9. The Hall–Kier alpha value is -8.21. The smallest absolute Gasteiger partial charge is 0.164 e. The highest BCUT2D eigenvalue weighted by Gasteiger charge is 2.22. The molecule has 0 spiro atoms. The van der Waals surface area contributed by atoms with Crippen LogP contribution < -0.4 is 0 Å². The van der Waals surface area contributed by atoms with E-state index in [1.807, 2.05) is 36.4 Å². The first-order chi connectivity index (χ1) is 30.2. The Morgan fingerprint density at radius 2 is 0.672 bits per heavy atom. The number of hydrogen-bond donors (Lipinski definition) is 0. The van der Waals surface area contributed by atoms with Gasteiger partial charge in [0.15, 0.2) is 17.5 Å². The van der Waals surface area contributed by atoms with Gasteiger partial charge in [-0.1, -0.05) is 164 Å². The van der Waals surface area contributed by atoms with Crippen molar-refractivity contribution in [3.05, 3.63) is 206 Å². The van der Waals surface area contributed by atoms with E-state index in [9.17, 15) is 0 Å². The van der Waals surface area contributed by atoms with Gasteiger partial charge >= 0.3 is 0 Å². The van der Waals surface area contributed by atoms with Gasteiger partial charge < -0.3 is 4.40 Å². The van der Waals surface area contributed by atoms with Crippen molar-refractivity contribution in [2.75, 3.05) is 0 Å². The standard InChI is InChI=1S/C57H34N4/c1-4-16-35(17-5-1)39-31-49-44-26-14-15-27-52(44)61-53-29-28-38(30-48(53)50(32-39)54(49)61)45-33-46-42-24-12-10-22-40(42)41-23-11-13-25-43(41)47(46)34-51(45)57-59-55(36-18-6-2-7-19-36)58-56(60-57)37-20-8-3-9-21-37/h1-34H. The maximum atomic E-state index is 5.32. The summed E-state index contributed by atoms with van der Waals surface area (Å²) in [6, 6.07) is 74.0. The number of nitrogens with zero attached hydrogens (tertiary/aromatic N) is 4. The van der Waals surface area contributed by atoms with Crippen molar-refractivity contribution >= 4 is 70.4 Å². The fourth-order valence-corrected chi connectivity index (χ4v) is 9.77. The van der Waals surface area contributed by atoms with Gasteiger partial charge in [0, 0.05) is 38.2 Å². The Labute approximate surface area is 351 Å². The lowest BCUT2D eigenvalue weighted by Crippen LogP contribution is -2.01. The number of aromatic nitrogens is 4. The third-order valence-electron chi connectivity index (χ3n) is 12.5. The number of para-hydroxylation sites is 1. The second-order valence-corrected chi connectivity index (χ2v) is 15.9. The fourth-order valence-electron chi connectivity index (χ4n) is 9.77. The average Bonchev–Trinajstić information content (AvgIpc) is 3.86. The van der Waals surface area contributed by atoms with Crippen LogP contribution in [0.25, 0.3) is 127 Å². The van der Waals surface area contributed by atoms with Crippen LogP contribution in [-0.4, -0.2) is 19.4 Å². The molecule has 282 valence electrons. The first-order valence-electron chi connectivity index (χ1n) is 20.8. The zero-order chi connectivity index (χ0) is 40.0. The van der Waals surface area contributed by atoms with Crippen LogP contribution in [0.3, 0.4) is 0 Å². The topological polar surface area (TPSA) is 43.1 Å². The summed E-state index contributed by atoms with van der Waals surface area (Å²) in [4.78, 5) is 15.7. The van der Waals surface area contributed by atoms with Crippen LogP contribution in [0.5, 0.6) is 0 Å². The first kappa shape index (κ1) is 33.7. The Balaban J connectivity index is 1.15. The summed E-state index contributed by atoms with van der Waals surface area (Å²) in [7, 11) is 0. The van der Waals surface area contributed by atoms with Crippen LogP contribution in [-0.2, 0) is 0 Å². The molecular formula is C57H34N4. The second-order valence-electron chi connectivity index (χ2n) is 15.9. The number of benzene rings is 10. The molecule has 0 aliphatic heterocycles. The number of hydrogen-bond acceptors (Lipinski definition) is 3. The molecule has 0 saturated carbocycles. The van der Waals surface area contributed by atoms with Crippen LogP contribution in [0, 0.1) is 0 Å². The summed E-state index contributed by atoms with van der Waals surface area (Å²) in [6.45, 7) is 0. The van der Waals surface area contributed by atoms with E-state index in [4.69, 9.17) is 15.0 Å². The van der Waals surface area contributed by atoms with E-state index in [1.54, 1.807) is 0 Å². The lowest BCUT2D eigenvalue weighted by Gasteiger charge is -2.17. The molecule has 0 bridgehead atoms. The van der Waals surface area contributed by atoms with Gasteiger partial charge in [-0.05, 0) is 97.0 Å². The van der Waals surface area contributed by atoms with Crippen molar-refractivity contribution in [1.29, 1.82) is 0 Å². The van der Waals surface area contributed by atoms with Gasteiger partial charge in [-0.2, -0.15) is 0 Å². The molecule has 0 radical (unpaired) electrons. The van der Waals surface area contributed by atoms with Gasteiger partial charge in [0.05, 0.1) is 16.6 Å². The largest absolute Gasteiger partial charge is 0.308 e. The average molecular weight is 775 g/mol. The Morgan fingerprint density at radius 3 is 1.26 bits per heavy atom. The minimum Gasteiger partial charge on any atom is -0.308 e. The van der Waals surface area contributed by atoms with E-state index in [2.05, 4.69) is 174 Å². The molecule has 10 aromatic carbocycles. The van der Waals surface area contributed by atoms with E-state index in [0.29, 0.717) is 17.5 Å². The maximum Gasteiger partial charge on any atom is 0.164 e. The highest BCUT2D eigenvalue weighted by Crippen LogP contribution is 2.46. The molecule has 13 aromatic rings. The zero-order valence-corrected chi connectivity index (χ0v) is 32.9. The normalized spacial score (nSPS) is 11.9. The third-order valence-corrected chi connectivity index (χ3v) is 12.5. The molecule has 4 nitrogen and oxygen atoms in total. The number of fused-ring (bicyclic) bond motifs is 12. The molecule has 0 atom stereocenters. The summed E-state index contributed by atoms with van der Waals surface area (Å²) in [5.74, 6) is 1.91. The van der Waals surface area contributed by atoms with Crippen molar-refractivity contribution in [2.24, 2.45) is 0 Å². The molecule has 61 heavy (non-hydrogen) atoms. The van der Waals surface area contributed by atoms with Gasteiger partial charge in [0.2, 0.25) is 0 Å². The van der Waals surface area contributed by atoms with E-state index in [-0.39, 0.29) is 0 Å². The molecule has 0 N–H and O–H groups in total. The first-order valence-corrected chi connectivity index (χ1v) is 20.8. The molecule has 0 fully saturated rings. The molecule has 4 heteroatoms. The minimum absolute atomic E-state index is 0.632.